The van der Waals surface area contributed by atoms with Crippen LogP contribution >= 0.6 is 0 Å². The van der Waals surface area contributed by atoms with Crippen LogP contribution in [0, 0.1) is 11.8 Å². The number of aliphatic hydroxyl groups is 1. The highest BCUT2D eigenvalue weighted by atomic mass is 16.4. The van der Waals surface area contributed by atoms with Crippen molar-refractivity contribution in [1.82, 2.24) is 41.7 Å². The van der Waals surface area contributed by atoms with Gasteiger partial charge in [0.05, 0.1) is 18.7 Å². The Morgan fingerprint density at radius 3 is 1.82 bits per heavy atom. The van der Waals surface area contributed by atoms with E-state index >= 15 is 0 Å². The normalized spacial score (nSPS) is 19.0. The van der Waals surface area contributed by atoms with Gasteiger partial charge in [-0.05, 0) is 88.3 Å². The van der Waals surface area contributed by atoms with E-state index < -0.39 is 133 Å². The van der Waals surface area contributed by atoms with Crippen molar-refractivity contribution >= 4 is 59.2 Å². The zero-order valence-corrected chi connectivity index (χ0v) is 38.8. The molecule has 0 saturated carbocycles. The van der Waals surface area contributed by atoms with Crippen LogP contribution in [0.2, 0.25) is 0 Å². The molecule has 3 rings (SSSR count). The van der Waals surface area contributed by atoms with E-state index in [1.807, 2.05) is 13.8 Å². The molecule has 9 unspecified atom stereocenters. The third-order valence-electron chi connectivity index (χ3n) is 11.5. The summed E-state index contributed by atoms with van der Waals surface area (Å²) in [4.78, 5) is 133. The van der Waals surface area contributed by atoms with Gasteiger partial charge < -0.3 is 67.9 Å². The van der Waals surface area contributed by atoms with Crippen LogP contribution in [-0.4, -0.2) is 163 Å². The average molecular weight is 946 g/mol. The van der Waals surface area contributed by atoms with E-state index in [0.29, 0.717) is 18.4 Å². The number of amides is 8. The Balaban J connectivity index is 1.67. The van der Waals surface area contributed by atoms with E-state index in [9.17, 15) is 63.3 Å². The molecule has 9 atom stereocenters. The summed E-state index contributed by atoms with van der Waals surface area (Å²) in [5.41, 5.74) is 6.81. The minimum atomic E-state index is -1.56. The third kappa shape index (κ3) is 16.5. The number of benzene rings is 1. The van der Waals surface area contributed by atoms with Crippen LogP contribution in [0.25, 0.3) is 0 Å². The molecule has 8 amide bonds. The average Bonchev–Trinajstić information content (AvgIpc) is 3.96. The molecule has 2 fully saturated rings. The maximum absolute atomic E-state index is 14.1. The number of carbonyl (C=O) groups is 10. The number of carbonyl (C=O) groups excluding carboxylic acids is 8. The van der Waals surface area contributed by atoms with Gasteiger partial charge in [-0.15, -0.1) is 0 Å². The van der Waals surface area contributed by atoms with E-state index in [0.717, 1.165) is 0 Å². The first-order valence-corrected chi connectivity index (χ1v) is 22.5. The number of aromatic hydroxyl groups is 1. The van der Waals surface area contributed by atoms with Crippen molar-refractivity contribution in [3.05, 3.63) is 29.8 Å². The number of aliphatic hydroxyl groups excluding tert-OH is 1. The molecular weight excluding hydrogens is 879 g/mol. The van der Waals surface area contributed by atoms with Crippen LogP contribution in [0.4, 0.5) is 0 Å². The molecule has 0 aliphatic carbocycles. The number of nitrogens with zero attached hydrogens (tertiary/aromatic N) is 2. The summed E-state index contributed by atoms with van der Waals surface area (Å²) < 4.78 is 0. The third-order valence-corrected chi connectivity index (χ3v) is 11.5. The number of nitrogens with two attached hydrogens (primary N) is 1. The number of hydrogen-bond donors (Lipinski definition) is 11. The molecule has 0 bridgehead atoms. The van der Waals surface area contributed by atoms with Gasteiger partial charge in [0.2, 0.25) is 47.3 Å². The fourth-order valence-electron chi connectivity index (χ4n) is 7.78. The molecule has 2 saturated heterocycles. The van der Waals surface area contributed by atoms with Crippen LogP contribution in [0.15, 0.2) is 24.3 Å². The van der Waals surface area contributed by atoms with Gasteiger partial charge in [0.1, 0.15) is 48.0 Å². The summed E-state index contributed by atoms with van der Waals surface area (Å²) >= 11 is 0. The quantitative estimate of drug-likeness (QED) is 0.0526. The second-order valence-corrected chi connectivity index (χ2v) is 17.8. The fourth-order valence-corrected chi connectivity index (χ4v) is 7.78. The highest BCUT2D eigenvalue weighted by molar-refractivity contribution is 5.98. The summed E-state index contributed by atoms with van der Waals surface area (Å²) in [5.74, 6) is -9.24. The molecule has 1 aromatic rings. The number of hydrogen-bond acceptors (Lipinski definition) is 13. The van der Waals surface area contributed by atoms with Crippen LogP contribution in [0.1, 0.15) is 92.1 Å². The predicted octanol–water partition coefficient (Wildman–Crippen LogP) is -2.16. The van der Waals surface area contributed by atoms with Gasteiger partial charge in [-0.3, -0.25) is 47.9 Å². The number of aliphatic carboxylic acids is 2. The van der Waals surface area contributed by atoms with Crippen molar-refractivity contribution in [2.75, 3.05) is 19.6 Å². The van der Waals surface area contributed by atoms with E-state index in [2.05, 4.69) is 31.9 Å². The van der Waals surface area contributed by atoms with Crippen LogP contribution < -0.4 is 37.6 Å². The molecule has 1 aromatic carbocycles. The molecule has 0 aromatic heterocycles. The zero-order valence-electron chi connectivity index (χ0n) is 38.8. The first-order valence-electron chi connectivity index (χ1n) is 22.5. The number of carboxylic acid groups (broad SMARTS) is 2. The smallest absolute Gasteiger partial charge is 0.325 e. The summed E-state index contributed by atoms with van der Waals surface area (Å²) in [6.07, 6.45) is -0.900. The molecule has 12 N–H and O–H groups in total. The molecule has 0 spiro atoms. The molecule has 2 aliphatic rings. The number of rotatable bonds is 24. The number of phenolic OH excluding ortho intramolecular Hbond substituents is 1. The van der Waals surface area contributed by atoms with Gasteiger partial charge >= 0.3 is 11.9 Å². The highest BCUT2D eigenvalue weighted by Gasteiger charge is 2.41. The Labute approximate surface area is 388 Å². The Morgan fingerprint density at radius 1 is 0.701 bits per heavy atom. The monoisotopic (exact) mass is 945 g/mol. The Bertz CT molecular complexity index is 1960. The molecule has 2 heterocycles. The van der Waals surface area contributed by atoms with Gasteiger partial charge in [-0.1, -0.05) is 39.8 Å². The van der Waals surface area contributed by atoms with Crippen molar-refractivity contribution in [3.8, 4) is 5.75 Å². The molecule has 67 heavy (non-hydrogen) atoms. The standard InChI is InChI=1S/C44H67N9O14/c1-22(2)19-30(49-37(59)28(45)20-26-11-13-27(55)14-12-26)38(60)48-29(15-16-34(57)58)43(65)53-18-8-9-31(53)39(61)46-21-33(56)52-17-7-10-32(52)40(62)50-35(23(3)4)41(63)51-36(25(6)54)42(64)47-24(5)44(66)67/h11-14,22-25,28-32,35-36,54-55H,7-10,15-21,45H2,1-6H3,(H,46,61)(H,47,64)(H,48,60)(H,49,59)(H,50,62)(H,51,63)(H,57,58)(H,66,67). The predicted molar refractivity (Wildman–Crippen MR) is 238 cm³/mol. The summed E-state index contributed by atoms with van der Waals surface area (Å²) in [5, 5.41) is 53.3. The molecule has 2 aliphatic heterocycles. The Hall–Kier alpha value is -6.36. The number of nitrogens with one attached hydrogen (secondary N) is 6. The summed E-state index contributed by atoms with van der Waals surface area (Å²) in [6, 6.07) is -3.84. The minimum absolute atomic E-state index is 0.0333. The largest absolute Gasteiger partial charge is 0.508 e. The molecule has 0 radical (unpaired) electrons. The fraction of sp³-hybridized carbons (Fsp3) is 0.636. The maximum Gasteiger partial charge on any atom is 0.325 e. The van der Waals surface area contributed by atoms with Crippen LogP contribution in [-0.2, 0) is 54.4 Å². The lowest BCUT2D eigenvalue weighted by Crippen LogP contribution is -2.61. The van der Waals surface area contributed by atoms with Gasteiger partial charge in [0, 0.05) is 19.5 Å². The van der Waals surface area contributed by atoms with Gasteiger partial charge in [-0.25, -0.2) is 0 Å². The van der Waals surface area contributed by atoms with Crippen LogP contribution in [0.5, 0.6) is 5.75 Å². The topological polar surface area (TPSA) is 356 Å². The highest BCUT2D eigenvalue weighted by Crippen LogP contribution is 2.22. The number of phenols is 1. The van der Waals surface area contributed by atoms with Crippen molar-refractivity contribution in [3.63, 3.8) is 0 Å². The first-order chi connectivity index (χ1) is 31.4. The lowest BCUT2D eigenvalue weighted by molar-refractivity contribution is -0.144. The molecular formula is C44H67N9O14. The molecule has 372 valence electrons. The lowest BCUT2D eigenvalue weighted by Gasteiger charge is -2.31. The van der Waals surface area contributed by atoms with Gasteiger partial charge in [0.25, 0.3) is 0 Å². The van der Waals surface area contributed by atoms with Gasteiger partial charge in [-0.2, -0.15) is 0 Å². The first kappa shape index (κ1) is 55.0. The van der Waals surface area contributed by atoms with E-state index in [4.69, 9.17) is 10.8 Å². The molecule has 23 heteroatoms. The van der Waals surface area contributed by atoms with Crippen molar-refractivity contribution in [2.45, 2.75) is 147 Å². The zero-order chi connectivity index (χ0) is 50.3. The SMILES string of the molecule is CC(C)CC(NC(=O)C(N)Cc1ccc(O)cc1)C(=O)NC(CCC(=O)O)C(=O)N1CCCC1C(=O)NCC(=O)N1CCCC1C(=O)NC(C(=O)NC(C(=O)NC(C)C(=O)O)C(C)O)C(C)C. The number of carboxylic acids is 2. The van der Waals surface area contributed by atoms with Crippen molar-refractivity contribution < 1.29 is 68.4 Å². The second-order valence-electron chi connectivity index (χ2n) is 17.8. The van der Waals surface area contributed by atoms with E-state index in [-0.39, 0.29) is 56.9 Å². The van der Waals surface area contributed by atoms with Gasteiger partial charge in [0.15, 0.2) is 0 Å². The lowest BCUT2D eigenvalue weighted by atomic mass is 10.0. The maximum atomic E-state index is 14.1. The van der Waals surface area contributed by atoms with E-state index in [1.165, 1.54) is 35.8 Å². The molecule has 23 nitrogen and oxygen atoms in total. The van der Waals surface area contributed by atoms with Crippen molar-refractivity contribution in [1.29, 1.82) is 0 Å². The van der Waals surface area contributed by atoms with Crippen molar-refractivity contribution in [2.24, 2.45) is 17.6 Å². The summed E-state index contributed by atoms with van der Waals surface area (Å²) in [7, 11) is 0. The van der Waals surface area contributed by atoms with E-state index in [1.54, 1.807) is 26.0 Å². The second kappa shape index (κ2) is 25.5. The Kier molecular flexibility index (Phi) is 20.9. The Morgan fingerprint density at radius 2 is 1.27 bits per heavy atom. The van der Waals surface area contributed by atoms with Crippen LogP contribution in [0.3, 0.4) is 0 Å². The summed E-state index contributed by atoms with van der Waals surface area (Å²) in [6.45, 7) is 8.92. The minimum Gasteiger partial charge on any atom is -0.508 e. The number of likely N-dealkylation sites (tertiary alicyclic amines) is 2.